The molecule has 0 bridgehead atoms. The van der Waals surface area contributed by atoms with Crippen molar-refractivity contribution in [2.24, 2.45) is 17.6 Å². The maximum absolute atomic E-state index is 6.08. The lowest BCUT2D eigenvalue weighted by atomic mass is 9.79. The molecule has 160 valence electrons. The zero-order valence-electron chi connectivity index (χ0n) is 18.3. The average molecular weight is 384 g/mol. The van der Waals surface area contributed by atoms with Crippen LogP contribution in [-0.4, -0.2) is 74.6 Å². The fourth-order valence-corrected chi connectivity index (χ4v) is 4.57. The molecule has 5 nitrogen and oxygen atoms in total. The van der Waals surface area contributed by atoms with Gasteiger partial charge in [0, 0.05) is 45.8 Å². The third-order valence-corrected chi connectivity index (χ3v) is 6.41. The van der Waals surface area contributed by atoms with Gasteiger partial charge in [0.15, 0.2) is 5.79 Å². The van der Waals surface area contributed by atoms with E-state index in [0.717, 1.165) is 70.9 Å². The van der Waals surface area contributed by atoms with E-state index < -0.39 is 5.79 Å². The third kappa shape index (κ3) is 9.23. The summed E-state index contributed by atoms with van der Waals surface area (Å²) >= 11 is 0. The van der Waals surface area contributed by atoms with E-state index in [1.165, 1.54) is 44.9 Å². The summed E-state index contributed by atoms with van der Waals surface area (Å²) in [7, 11) is 0. The minimum atomic E-state index is -0.471. The molecule has 0 aromatic rings. The topological polar surface area (TPSA) is 51.0 Å². The smallest absolute Gasteiger partial charge is 0.162 e. The molecule has 2 aliphatic rings. The highest BCUT2D eigenvalue weighted by atomic mass is 16.7. The number of hydrogen-bond acceptors (Lipinski definition) is 5. The van der Waals surface area contributed by atoms with Crippen LogP contribution in [0.2, 0.25) is 0 Å². The minimum Gasteiger partial charge on any atom is -0.351 e. The van der Waals surface area contributed by atoms with Crippen molar-refractivity contribution in [3.63, 3.8) is 0 Å². The van der Waals surface area contributed by atoms with E-state index in [4.69, 9.17) is 15.2 Å². The first-order chi connectivity index (χ1) is 13.0. The van der Waals surface area contributed by atoms with Crippen molar-refractivity contribution in [2.45, 2.75) is 71.5 Å². The van der Waals surface area contributed by atoms with Crippen molar-refractivity contribution >= 4 is 0 Å². The first-order valence-electron chi connectivity index (χ1n) is 11.4. The molecular formula is C22H45N3O2. The Labute approximate surface area is 167 Å². The Morgan fingerprint density at radius 1 is 0.815 bits per heavy atom. The van der Waals surface area contributed by atoms with Gasteiger partial charge >= 0.3 is 0 Å². The second-order valence-electron chi connectivity index (χ2n) is 9.03. The highest BCUT2D eigenvalue weighted by Crippen LogP contribution is 2.33. The number of nitrogens with two attached hydrogens (primary N) is 1. The Kier molecular flexibility index (Phi) is 10.6. The van der Waals surface area contributed by atoms with Crippen LogP contribution in [0.3, 0.4) is 0 Å². The zero-order valence-corrected chi connectivity index (χ0v) is 18.3. The molecule has 1 aliphatic heterocycles. The quantitative estimate of drug-likeness (QED) is 0.524. The van der Waals surface area contributed by atoms with E-state index in [9.17, 15) is 0 Å². The molecule has 2 N–H and O–H groups in total. The van der Waals surface area contributed by atoms with Crippen LogP contribution in [0, 0.1) is 11.8 Å². The van der Waals surface area contributed by atoms with Crippen LogP contribution in [0.25, 0.3) is 0 Å². The summed E-state index contributed by atoms with van der Waals surface area (Å²) in [5.41, 5.74) is 5.64. The molecule has 5 heteroatoms. The standard InChI is InChI=1S/C22H45N3O2/c1-4-5-20-6-8-21(9-7-20)10-18-26-22(2,3)27-19-17-25-15-13-24(12-11-23)14-16-25/h20-21H,4-19,23H2,1-3H3. The van der Waals surface area contributed by atoms with Crippen molar-refractivity contribution < 1.29 is 9.47 Å². The molecule has 0 radical (unpaired) electrons. The third-order valence-electron chi connectivity index (χ3n) is 6.41. The van der Waals surface area contributed by atoms with Crippen LogP contribution in [0.1, 0.15) is 65.7 Å². The fourth-order valence-electron chi connectivity index (χ4n) is 4.57. The van der Waals surface area contributed by atoms with Crippen molar-refractivity contribution in [1.82, 2.24) is 9.80 Å². The molecule has 2 fully saturated rings. The fraction of sp³-hybridized carbons (Fsp3) is 1.00. The van der Waals surface area contributed by atoms with Crippen LogP contribution in [0.5, 0.6) is 0 Å². The van der Waals surface area contributed by atoms with Crippen LogP contribution >= 0.6 is 0 Å². The molecule has 1 saturated heterocycles. The van der Waals surface area contributed by atoms with Gasteiger partial charge in [0.05, 0.1) is 13.2 Å². The molecule has 2 rings (SSSR count). The first kappa shape index (κ1) is 23.1. The summed E-state index contributed by atoms with van der Waals surface area (Å²) in [4.78, 5) is 4.93. The normalized spacial score (nSPS) is 25.8. The molecule has 0 aromatic carbocycles. The molecule has 1 heterocycles. The van der Waals surface area contributed by atoms with Gasteiger partial charge in [0.2, 0.25) is 0 Å². The lowest BCUT2D eigenvalue weighted by Crippen LogP contribution is -2.48. The molecule has 0 unspecified atom stereocenters. The molecule has 0 aromatic heterocycles. The first-order valence-corrected chi connectivity index (χ1v) is 11.4. The summed E-state index contributed by atoms with van der Waals surface area (Å²) in [6.45, 7) is 15.2. The Bertz CT molecular complexity index is 342. The largest absolute Gasteiger partial charge is 0.351 e. The van der Waals surface area contributed by atoms with Crippen molar-refractivity contribution in [3.8, 4) is 0 Å². The summed E-state index contributed by atoms with van der Waals surface area (Å²) in [5, 5.41) is 0. The molecular weight excluding hydrogens is 338 g/mol. The zero-order chi connectivity index (χ0) is 19.5. The number of piperazine rings is 1. The highest BCUT2D eigenvalue weighted by molar-refractivity contribution is 4.73. The number of nitrogens with zero attached hydrogens (tertiary/aromatic N) is 2. The second-order valence-corrected chi connectivity index (χ2v) is 9.03. The molecule has 0 spiro atoms. The van der Waals surface area contributed by atoms with E-state index in [1.54, 1.807) is 0 Å². The van der Waals surface area contributed by atoms with Crippen LogP contribution in [-0.2, 0) is 9.47 Å². The maximum Gasteiger partial charge on any atom is 0.162 e. The minimum absolute atomic E-state index is 0.471. The molecule has 0 atom stereocenters. The lowest BCUT2D eigenvalue weighted by Gasteiger charge is -2.35. The predicted octanol–water partition coefficient (Wildman–Crippen LogP) is 3.33. The van der Waals surface area contributed by atoms with Crippen molar-refractivity contribution in [2.75, 3.05) is 59.0 Å². The van der Waals surface area contributed by atoms with E-state index in [0.29, 0.717) is 0 Å². The summed E-state index contributed by atoms with van der Waals surface area (Å²) in [6.07, 6.45) is 9.60. The van der Waals surface area contributed by atoms with Crippen LogP contribution in [0.15, 0.2) is 0 Å². The van der Waals surface area contributed by atoms with Gasteiger partial charge in [-0.25, -0.2) is 0 Å². The average Bonchev–Trinajstić information content (AvgIpc) is 2.65. The Balaban J connectivity index is 1.51. The Hall–Kier alpha value is -0.200. The van der Waals surface area contributed by atoms with E-state index in [-0.39, 0.29) is 0 Å². The summed E-state index contributed by atoms with van der Waals surface area (Å²) < 4.78 is 12.1. The van der Waals surface area contributed by atoms with Gasteiger partial charge in [-0.05, 0) is 32.1 Å². The highest BCUT2D eigenvalue weighted by Gasteiger charge is 2.23. The van der Waals surface area contributed by atoms with E-state index in [2.05, 4.69) is 30.6 Å². The van der Waals surface area contributed by atoms with Gasteiger partial charge in [0.1, 0.15) is 0 Å². The van der Waals surface area contributed by atoms with E-state index >= 15 is 0 Å². The summed E-state index contributed by atoms with van der Waals surface area (Å²) in [6, 6.07) is 0. The van der Waals surface area contributed by atoms with Crippen molar-refractivity contribution in [3.05, 3.63) is 0 Å². The van der Waals surface area contributed by atoms with E-state index in [1.807, 2.05) is 0 Å². The summed E-state index contributed by atoms with van der Waals surface area (Å²) in [5.74, 6) is 1.38. The SMILES string of the molecule is CCCC1CCC(CCOC(C)(C)OCCN2CCN(CCN)CC2)CC1. The number of ether oxygens (including phenoxy) is 2. The van der Waals surface area contributed by atoms with Gasteiger partial charge in [-0.3, -0.25) is 9.80 Å². The number of rotatable bonds is 12. The van der Waals surface area contributed by atoms with Gasteiger partial charge in [-0.1, -0.05) is 45.4 Å². The second kappa shape index (κ2) is 12.4. The Morgan fingerprint density at radius 2 is 1.33 bits per heavy atom. The number of hydrogen-bond donors (Lipinski definition) is 1. The predicted molar refractivity (Wildman–Crippen MR) is 113 cm³/mol. The van der Waals surface area contributed by atoms with Gasteiger partial charge in [-0.15, -0.1) is 0 Å². The molecule has 1 aliphatic carbocycles. The molecule has 27 heavy (non-hydrogen) atoms. The monoisotopic (exact) mass is 383 g/mol. The Morgan fingerprint density at radius 3 is 1.89 bits per heavy atom. The van der Waals surface area contributed by atoms with Crippen LogP contribution in [0.4, 0.5) is 0 Å². The lowest BCUT2D eigenvalue weighted by molar-refractivity contribution is -0.216. The maximum atomic E-state index is 6.08. The molecule has 1 saturated carbocycles. The molecule has 0 amide bonds. The van der Waals surface area contributed by atoms with Crippen LogP contribution < -0.4 is 5.73 Å². The van der Waals surface area contributed by atoms with Gasteiger partial charge in [-0.2, -0.15) is 0 Å². The van der Waals surface area contributed by atoms with Gasteiger partial charge < -0.3 is 15.2 Å². The van der Waals surface area contributed by atoms with Gasteiger partial charge in [0.25, 0.3) is 0 Å². The van der Waals surface area contributed by atoms with Crippen molar-refractivity contribution in [1.29, 1.82) is 0 Å².